The van der Waals surface area contributed by atoms with E-state index in [0.717, 1.165) is 6.07 Å². The van der Waals surface area contributed by atoms with Gasteiger partial charge in [-0.1, -0.05) is 20.8 Å². The van der Waals surface area contributed by atoms with Crippen molar-refractivity contribution in [1.29, 1.82) is 0 Å². The number of alkyl halides is 3. The topological polar surface area (TPSA) is 92.4 Å². The van der Waals surface area contributed by atoms with Gasteiger partial charge in [-0.15, -0.1) is 0 Å². The predicted octanol–water partition coefficient (Wildman–Crippen LogP) is 2.17. The molecule has 0 spiro atoms. The van der Waals surface area contributed by atoms with Crippen LogP contribution >= 0.6 is 0 Å². The van der Waals surface area contributed by atoms with Crippen LogP contribution in [-0.4, -0.2) is 26.2 Å². The molecule has 1 unspecified atom stereocenters. The van der Waals surface area contributed by atoms with E-state index >= 15 is 0 Å². The van der Waals surface area contributed by atoms with E-state index in [1.807, 2.05) is 0 Å². The maximum absolute atomic E-state index is 12.9. The SMILES string of the molecule is CC(C)(C)C(O)CNc1ccc(S(N)(=O)=O)c(C(F)(F)F)c1. The van der Waals surface area contributed by atoms with Crippen LogP contribution in [0.2, 0.25) is 0 Å². The smallest absolute Gasteiger partial charge is 0.391 e. The zero-order valence-corrected chi connectivity index (χ0v) is 13.2. The molecule has 0 radical (unpaired) electrons. The third-order valence-electron chi connectivity index (χ3n) is 3.09. The Balaban J connectivity index is 3.11. The average molecular weight is 340 g/mol. The van der Waals surface area contributed by atoms with Gasteiger partial charge in [0.25, 0.3) is 0 Å². The van der Waals surface area contributed by atoms with Crippen molar-refractivity contribution in [2.45, 2.75) is 37.9 Å². The molecule has 9 heteroatoms. The molecular weight excluding hydrogens is 321 g/mol. The molecule has 0 saturated heterocycles. The molecule has 0 aliphatic carbocycles. The van der Waals surface area contributed by atoms with Crippen LogP contribution in [0.5, 0.6) is 0 Å². The van der Waals surface area contributed by atoms with E-state index in [2.05, 4.69) is 5.32 Å². The summed E-state index contributed by atoms with van der Waals surface area (Å²) in [6.07, 6.45) is -5.65. The summed E-state index contributed by atoms with van der Waals surface area (Å²) in [7, 11) is -4.49. The van der Waals surface area contributed by atoms with Gasteiger partial charge < -0.3 is 10.4 Å². The van der Waals surface area contributed by atoms with Gasteiger partial charge in [0.1, 0.15) is 0 Å². The number of aliphatic hydroxyl groups is 1. The Hall–Kier alpha value is -1.32. The first kappa shape index (κ1) is 18.7. The Labute approximate surface area is 127 Å². The largest absolute Gasteiger partial charge is 0.417 e. The third kappa shape index (κ3) is 4.85. The van der Waals surface area contributed by atoms with E-state index in [0.29, 0.717) is 6.07 Å². The quantitative estimate of drug-likeness (QED) is 0.783. The van der Waals surface area contributed by atoms with Crippen molar-refractivity contribution in [3.63, 3.8) is 0 Å². The first-order valence-electron chi connectivity index (χ1n) is 6.39. The van der Waals surface area contributed by atoms with Crippen molar-refractivity contribution in [3.05, 3.63) is 23.8 Å². The highest BCUT2D eigenvalue weighted by atomic mass is 32.2. The molecule has 1 rings (SSSR count). The monoisotopic (exact) mass is 340 g/mol. The van der Waals surface area contributed by atoms with E-state index in [1.165, 1.54) is 6.07 Å². The summed E-state index contributed by atoms with van der Waals surface area (Å²) in [5.74, 6) is 0. The number of nitrogens with one attached hydrogen (secondary N) is 1. The summed E-state index contributed by atoms with van der Waals surface area (Å²) >= 11 is 0. The van der Waals surface area contributed by atoms with Crippen LogP contribution < -0.4 is 10.5 Å². The second kappa shape index (κ2) is 6.05. The fourth-order valence-electron chi connectivity index (χ4n) is 1.63. The molecule has 0 heterocycles. The summed E-state index contributed by atoms with van der Waals surface area (Å²) in [4.78, 5) is -0.984. The maximum atomic E-state index is 12.9. The van der Waals surface area contributed by atoms with Crippen molar-refractivity contribution in [1.82, 2.24) is 0 Å². The number of nitrogens with two attached hydrogens (primary N) is 1. The minimum Gasteiger partial charge on any atom is -0.391 e. The molecule has 0 amide bonds. The predicted molar refractivity (Wildman–Crippen MR) is 76.8 cm³/mol. The fraction of sp³-hybridized carbons (Fsp3) is 0.538. The van der Waals surface area contributed by atoms with Crippen LogP contribution in [-0.2, 0) is 16.2 Å². The fourth-order valence-corrected chi connectivity index (χ4v) is 2.37. The minimum atomic E-state index is -4.86. The van der Waals surface area contributed by atoms with Crippen LogP contribution in [0.4, 0.5) is 18.9 Å². The summed E-state index contributed by atoms with van der Waals surface area (Å²) in [5.41, 5.74) is -1.74. The molecule has 0 saturated carbocycles. The molecule has 0 aliphatic heterocycles. The van der Waals surface area contributed by atoms with Gasteiger partial charge in [-0.2, -0.15) is 13.2 Å². The van der Waals surface area contributed by atoms with Gasteiger partial charge in [-0.05, 0) is 23.6 Å². The lowest BCUT2D eigenvalue weighted by Gasteiger charge is -2.26. The van der Waals surface area contributed by atoms with Gasteiger partial charge in [-0.25, -0.2) is 13.6 Å². The number of sulfonamides is 1. The zero-order valence-electron chi connectivity index (χ0n) is 12.4. The van der Waals surface area contributed by atoms with Gasteiger partial charge in [0.05, 0.1) is 16.6 Å². The Morgan fingerprint density at radius 2 is 1.82 bits per heavy atom. The molecule has 0 fully saturated rings. The van der Waals surface area contributed by atoms with E-state index in [4.69, 9.17) is 5.14 Å². The Kier molecular flexibility index (Phi) is 5.15. The second-order valence-electron chi connectivity index (χ2n) is 6.02. The lowest BCUT2D eigenvalue weighted by molar-refractivity contribution is -0.139. The number of anilines is 1. The molecule has 126 valence electrons. The van der Waals surface area contributed by atoms with Crippen molar-refractivity contribution < 1.29 is 26.7 Å². The third-order valence-corrected chi connectivity index (χ3v) is 4.06. The van der Waals surface area contributed by atoms with Gasteiger partial charge in [0.2, 0.25) is 10.0 Å². The van der Waals surface area contributed by atoms with E-state index in [1.54, 1.807) is 20.8 Å². The number of hydrogen-bond donors (Lipinski definition) is 3. The summed E-state index contributed by atoms with van der Waals surface area (Å²) in [5, 5.41) is 17.3. The summed E-state index contributed by atoms with van der Waals surface area (Å²) < 4.78 is 61.3. The molecule has 1 atom stereocenters. The highest BCUT2D eigenvalue weighted by Gasteiger charge is 2.36. The van der Waals surface area contributed by atoms with E-state index < -0.39 is 38.2 Å². The maximum Gasteiger partial charge on any atom is 0.417 e. The van der Waals surface area contributed by atoms with Crippen LogP contribution in [0.25, 0.3) is 0 Å². The number of halogens is 3. The van der Waals surface area contributed by atoms with E-state index in [-0.39, 0.29) is 12.2 Å². The zero-order chi connectivity index (χ0) is 17.3. The lowest BCUT2D eigenvalue weighted by atomic mass is 9.89. The highest BCUT2D eigenvalue weighted by Crippen LogP contribution is 2.35. The second-order valence-corrected chi connectivity index (χ2v) is 7.55. The number of hydrogen-bond acceptors (Lipinski definition) is 4. The van der Waals surface area contributed by atoms with Crippen molar-refractivity contribution in [3.8, 4) is 0 Å². The lowest BCUT2D eigenvalue weighted by Crippen LogP contribution is -2.33. The molecule has 1 aromatic rings. The Morgan fingerprint density at radius 3 is 2.23 bits per heavy atom. The first-order valence-corrected chi connectivity index (χ1v) is 7.93. The Bertz CT molecular complexity index is 637. The summed E-state index contributed by atoms with van der Waals surface area (Å²) in [6.45, 7) is 5.37. The molecule has 0 aliphatic rings. The summed E-state index contributed by atoms with van der Waals surface area (Å²) in [6, 6.07) is 2.63. The van der Waals surface area contributed by atoms with Crippen LogP contribution in [0.3, 0.4) is 0 Å². The van der Waals surface area contributed by atoms with Crippen molar-refractivity contribution in [2.24, 2.45) is 10.6 Å². The van der Waals surface area contributed by atoms with Gasteiger partial charge in [-0.3, -0.25) is 0 Å². The highest BCUT2D eigenvalue weighted by molar-refractivity contribution is 7.89. The number of primary sulfonamides is 1. The number of benzene rings is 1. The average Bonchev–Trinajstić information content (AvgIpc) is 2.32. The molecule has 1 aromatic carbocycles. The molecule has 0 bridgehead atoms. The molecular formula is C13H19F3N2O3S. The van der Waals surface area contributed by atoms with Crippen LogP contribution in [0, 0.1) is 5.41 Å². The molecule has 5 nitrogen and oxygen atoms in total. The number of aliphatic hydroxyl groups excluding tert-OH is 1. The first-order chi connectivity index (χ1) is 9.73. The molecule has 22 heavy (non-hydrogen) atoms. The van der Waals surface area contributed by atoms with Gasteiger partial charge in [0.15, 0.2) is 0 Å². The van der Waals surface area contributed by atoms with Crippen LogP contribution in [0.15, 0.2) is 23.1 Å². The van der Waals surface area contributed by atoms with Gasteiger partial charge >= 0.3 is 6.18 Å². The molecule has 0 aromatic heterocycles. The van der Waals surface area contributed by atoms with Crippen LogP contribution in [0.1, 0.15) is 26.3 Å². The number of rotatable bonds is 4. The van der Waals surface area contributed by atoms with Gasteiger partial charge in [0, 0.05) is 12.2 Å². The van der Waals surface area contributed by atoms with Crippen molar-refractivity contribution in [2.75, 3.05) is 11.9 Å². The normalized spacial score (nSPS) is 14.7. The standard InChI is InChI=1S/C13H19F3N2O3S/c1-12(2,3)11(19)7-18-8-4-5-10(22(17,20)21)9(6-8)13(14,15)16/h4-6,11,18-19H,7H2,1-3H3,(H2,17,20,21). The van der Waals surface area contributed by atoms with Crippen molar-refractivity contribution >= 4 is 15.7 Å². The Morgan fingerprint density at radius 1 is 1.27 bits per heavy atom. The molecule has 4 N–H and O–H groups in total. The minimum absolute atomic E-state index is 0.0233. The van der Waals surface area contributed by atoms with E-state index in [9.17, 15) is 26.7 Å².